The molecule has 1 unspecified atom stereocenters. The Morgan fingerprint density at radius 3 is 2.37 bits per heavy atom. The van der Waals surface area contributed by atoms with E-state index < -0.39 is 38.2 Å². The summed E-state index contributed by atoms with van der Waals surface area (Å²) in [5, 5.41) is 3.01. The molecule has 0 aromatic carbocycles. The Balaban J connectivity index is 5.14. The molecule has 170 valence electrons. The fraction of sp³-hybridized carbons (Fsp3) is 0.476. The van der Waals surface area contributed by atoms with Crippen molar-refractivity contribution in [2.24, 2.45) is 0 Å². The molecule has 0 aromatic rings. The Kier molecular flexibility index (Phi) is 13.0. The number of carbonyl (C=O) groups excluding carboxylic acids is 1. The van der Waals surface area contributed by atoms with E-state index in [9.17, 15) is 18.0 Å². The molecule has 0 aromatic heterocycles. The van der Waals surface area contributed by atoms with Crippen molar-refractivity contribution in [1.29, 1.82) is 0 Å². The fourth-order valence-electron chi connectivity index (χ4n) is 2.16. The predicted octanol–water partition coefficient (Wildman–Crippen LogP) is 6.57. The van der Waals surface area contributed by atoms with Gasteiger partial charge in [-0.25, -0.2) is 5.09 Å². The van der Waals surface area contributed by atoms with Crippen molar-refractivity contribution in [3.63, 3.8) is 0 Å². The lowest BCUT2D eigenvalue weighted by molar-refractivity contribution is -0.148. The van der Waals surface area contributed by atoms with E-state index in [4.69, 9.17) is 20.9 Å². The standard InChI is InChI=1S/C21H30ClF3NO3P/c1-7-9-13-18(21(23,24)25)16(3)15-28-19(27)20(4,5)26-30(6)29-17(11-8-2)12-10-14-22/h8-13,26H,2,7,14-15H2,1,3-6H3/b12-10-,13-9-,17-11+,18-16-. The normalized spacial score (nSPS) is 15.3. The average molecular weight is 468 g/mol. The minimum Gasteiger partial charge on any atom is -0.460 e. The van der Waals surface area contributed by atoms with E-state index in [1.54, 1.807) is 51.7 Å². The summed E-state index contributed by atoms with van der Waals surface area (Å²) >= 11 is 5.62. The van der Waals surface area contributed by atoms with Crippen LogP contribution in [0.25, 0.3) is 0 Å². The summed E-state index contributed by atoms with van der Waals surface area (Å²) < 4.78 is 50.5. The van der Waals surface area contributed by atoms with Crippen molar-refractivity contribution >= 4 is 25.9 Å². The number of hydrogen-bond acceptors (Lipinski definition) is 4. The molecule has 0 amide bonds. The van der Waals surface area contributed by atoms with Crippen molar-refractivity contribution < 1.29 is 27.2 Å². The molecule has 4 nitrogen and oxygen atoms in total. The van der Waals surface area contributed by atoms with Crippen molar-refractivity contribution in [3.8, 4) is 0 Å². The van der Waals surface area contributed by atoms with Crippen LogP contribution >= 0.6 is 19.9 Å². The van der Waals surface area contributed by atoms with Crippen molar-refractivity contribution in [2.75, 3.05) is 19.2 Å². The molecule has 0 spiro atoms. The van der Waals surface area contributed by atoms with Gasteiger partial charge in [0.25, 0.3) is 0 Å². The summed E-state index contributed by atoms with van der Waals surface area (Å²) in [6.45, 7) is 11.1. The molecule has 0 rings (SSSR count). The second kappa shape index (κ2) is 13.7. The van der Waals surface area contributed by atoms with Crippen LogP contribution in [-0.4, -0.2) is 36.8 Å². The Morgan fingerprint density at radius 2 is 1.87 bits per heavy atom. The molecule has 1 atom stereocenters. The van der Waals surface area contributed by atoms with Crippen LogP contribution in [0.3, 0.4) is 0 Å². The van der Waals surface area contributed by atoms with Gasteiger partial charge in [-0.15, -0.1) is 11.6 Å². The smallest absolute Gasteiger partial charge is 0.416 e. The number of ether oxygens (including phenoxy) is 1. The molecule has 0 aliphatic heterocycles. The molecule has 0 radical (unpaired) electrons. The number of hydrogen-bond donors (Lipinski definition) is 1. The summed E-state index contributed by atoms with van der Waals surface area (Å²) in [6, 6.07) is 0. The highest BCUT2D eigenvalue weighted by atomic mass is 35.5. The number of halogens is 4. The van der Waals surface area contributed by atoms with Crippen LogP contribution in [0.2, 0.25) is 0 Å². The van der Waals surface area contributed by atoms with Crippen LogP contribution in [-0.2, 0) is 14.1 Å². The maximum atomic E-state index is 13.2. The third kappa shape index (κ3) is 11.0. The summed E-state index contributed by atoms with van der Waals surface area (Å²) in [5.74, 6) is 0.129. The first kappa shape index (κ1) is 28.4. The van der Waals surface area contributed by atoms with Gasteiger partial charge in [-0.05, 0) is 44.9 Å². The Hall–Kier alpha value is -1.56. The molecule has 0 saturated carbocycles. The van der Waals surface area contributed by atoms with E-state index in [0.29, 0.717) is 18.1 Å². The molecule has 0 aliphatic carbocycles. The van der Waals surface area contributed by atoms with Gasteiger partial charge in [-0.1, -0.05) is 37.8 Å². The molecule has 30 heavy (non-hydrogen) atoms. The summed E-state index contributed by atoms with van der Waals surface area (Å²) in [4.78, 5) is 12.5. The van der Waals surface area contributed by atoms with Crippen LogP contribution in [0.4, 0.5) is 13.2 Å². The number of allylic oxidation sites excluding steroid dienone is 7. The molecule has 0 bridgehead atoms. The summed E-state index contributed by atoms with van der Waals surface area (Å²) in [7, 11) is -1.30. The van der Waals surface area contributed by atoms with Crippen molar-refractivity contribution in [1.82, 2.24) is 5.09 Å². The lowest BCUT2D eigenvalue weighted by atomic mass is 10.1. The van der Waals surface area contributed by atoms with Crippen LogP contribution in [0.1, 0.15) is 34.1 Å². The number of nitrogens with one attached hydrogen (secondary N) is 1. The van der Waals surface area contributed by atoms with Gasteiger partial charge in [0.15, 0.2) is 8.30 Å². The monoisotopic (exact) mass is 467 g/mol. The quantitative estimate of drug-likeness (QED) is 0.116. The van der Waals surface area contributed by atoms with Crippen molar-refractivity contribution in [3.05, 3.63) is 59.9 Å². The largest absolute Gasteiger partial charge is 0.460 e. The van der Waals surface area contributed by atoms with E-state index in [-0.39, 0.29) is 5.57 Å². The predicted molar refractivity (Wildman–Crippen MR) is 118 cm³/mol. The van der Waals surface area contributed by atoms with E-state index in [0.717, 1.165) is 6.08 Å². The molecule has 0 saturated heterocycles. The molecular formula is C21H30ClF3NO3P. The Labute approximate surface area is 183 Å². The highest BCUT2D eigenvalue weighted by molar-refractivity contribution is 7.49. The first-order chi connectivity index (χ1) is 13.9. The lowest BCUT2D eigenvalue weighted by Gasteiger charge is -2.28. The number of esters is 1. The average Bonchev–Trinajstić information content (AvgIpc) is 2.62. The molecule has 1 N–H and O–H groups in total. The Bertz CT molecular complexity index is 698. The number of alkyl halides is 4. The third-order valence-electron chi connectivity index (χ3n) is 3.55. The first-order valence-electron chi connectivity index (χ1n) is 9.24. The van der Waals surface area contributed by atoms with Gasteiger partial charge >= 0.3 is 12.1 Å². The van der Waals surface area contributed by atoms with Gasteiger partial charge in [0.2, 0.25) is 0 Å². The van der Waals surface area contributed by atoms with Crippen LogP contribution in [0.5, 0.6) is 0 Å². The third-order valence-corrected chi connectivity index (χ3v) is 5.08. The second-order valence-corrected chi connectivity index (χ2v) is 8.48. The molecular weight excluding hydrogens is 438 g/mol. The lowest BCUT2D eigenvalue weighted by Crippen LogP contribution is -2.45. The molecule has 0 fully saturated rings. The molecule has 0 aliphatic rings. The maximum Gasteiger partial charge on any atom is 0.416 e. The van der Waals surface area contributed by atoms with E-state index in [1.807, 2.05) is 0 Å². The van der Waals surface area contributed by atoms with Crippen LogP contribution in [0.15, 0.2) is 59.9 Å². The zero-order chi connectivity index (χ0) is 23.4. The molecule has 0 heterocycles. The van der Waals surface area contributed by atoms with Crippen LogP contribution in [0, 0.1) is 0 Å². The van der Waals surface area contributed by atoms with Gasteiger partial charge in [0.05, 0.1) is 5.57 Å². The van der Waals surface area contributed by atoms with Gasteiger partial charge in [-0.3, -0.25) is 4.79 Å². The SMILES string of the molecule is C=C/C=C(\C=C/CCl)OP(C)NC(C)(C)C(=O)OC/C(C)=C(/C=C\CC)C(F)(F)F. The minimum atomic E-state index is -4.52. The number of carbonyl (C=O) groups is 1. The van der Waals surface area contributed by atoms with E-state index in [1.165, 1.54) is 13.0 Å². The van der Waals surface area contributed by atoms with E-state index >= 15 is 0 Å². The van der Waals surface area contributed by atoms with Crippen molar-refractivity contribution in [2.45, 2.75) is 45.8 Å². The van der Waals surface area contributed by atoms with Gasteiger partial charge in [0, 0.05) is 12.5 Å². The van der Waals surface area contributed by atoms with Gasteiger partial charge in [0.1, 0.15) is 17.9 Å². The zero-order valence-electron chi connectivity index (χ0n) is 18.0. The number of rotatable bonds is 12. The zero-order valence-corrected chi connectivity index (χ0v) is 19.6. The molecule has 9 heteroatoms. The fourth-order valence-corrected chi connectivity index (χ4v) is 3.61. The highest BCUT2D eigenvalue weighted by Gasteiger charge is 2.35. The minimum absolute atomic E-state index is 0.0752. The van der Waals surface area contributed by atoms with Crippen LogP contribution < -0.4 is 5.09 Å². The summed E-state index contributed by atoms with van der Waals surface area (Å²) in [5.41, 5.74) is -2.06. The topological polar surface area (TPSA) is 47.6 Å². The van der Waals surface area contributed by atoms with Gasteiger partial charge < -0.3 is 9.26 Å². The van der Waals surface area contributed by atoms with E-state index in [2.05, 4.69) is 11.7 Å². The Morgan fingerprint density at radius 1 is 1.23 bits per heavy atom. The maximum absolute atomic E-state index is 13.2. The highest BCUT2D eigenvalue weighted by Crippen LogP contribution is 2.34. The van der Waals surface area contributed by atoms with Gasteiger partial charge in [-0.2, -0.15) is 13.2 Å². The second-order valence-electron chi connectivity index (χ2n) is 6.77. The summed E-state index contributed by atoms with van der Waals surface area (Å²) in [6.07, 6.45) is 4.93. The first-order valence-corrected chi connectivity index (χ1v) is 11.5.